The molecule has 0 radical (unpaired) electrons. The summed E-state index contributed by atoms with van der Waals surface area (Å²) in [6.07, 6.45) is 19.4. The summed E-state index contributed by atoms with van der Waals surface area (Å²) < 4.78 is 15.3. The van der Waals surface area contributed by atoms with Crippen LogP contribution in [0.5, 0.6) is 0 Å². The Labute approximate surface area is 179 Å². The van der Waals surface area contributed by atoms with Crippen LogP contribution in [-0.4, -0.2) is 38.4 Å². The minimum atomic E-state index is -0.416. The summed E-state index contributed by atoms with van der Waals surface area (Å²) in [5, 5.41) is 0. The van der Waals surface area contributed by atoms with E-state index in [1.165, 1.54) is 77.0 Å². The molecule has 0 aliphatic rings. The van der Waals surface area contributed by atoms with Crippen LogP contribution in [0.4, 0.5) is 0 Å². The third kappa shape index (κ3) is 23.0. The van der Waals surface area contributed by atoms with Crippen LogP contribution in [0.15, 0.2) is 0 Å². The van der Waals surface area contributed by atoms with Crippen molar-refractivity contribution in [3.63, 3.8) is 0 Å². The standard InChI is InChI=1S/C24H46O5/c1-3-5-7-9-11-12-13-14-16-18-20-29-24(26)22-27-21-23(25)28-19-17-15-10-8-6-4-2/h3-22H2,1-2H3. The Kier molecular flexibility index (Phi) is 22.3. The van der Waals surface area contributed by atoms with Gasteiger partial charge in [0.25, 0.3) is 0 Å². The molecular formula is C24H46O5. The maximum Gasteiger partial charge on any atom is 0.332 e. The minimum absolute atomic E-state index is 0.191. The van der Waals surface area contributed by atoms with E-state index in [1.54, 1.807) is 0 Å². The van der Waals surface area contributed by atoms with Gasteiger partial charge in [-0.25, -0.2) is 9.59 Å². The third-order valence-electron chi connectivity index (χ3n) is 4.96. The number of hydrogen-bond acceptors (Lipinski definition) is 5. The zero-order chi connectivity index (χ0) is 21.4. The van der Waals surface area contributed by atoms with Gasteiger partial charge in [-0.3, -0.25) is 0 Å². The summed E-state index contributed by atoms with van der Waals surface area (Å²) in [6.45, 7) is 4.91. The van der Waals surface area contributed by atoms with E-state index in [2.05, 4.69) is 13.8 Å². The van der Waals surface area contributed by atoms with E-state index in [9.17, 15) is 9.59 Å². The number of esters is 2. The van der Waals surface area contributed by atoms with Gasteiger partial charge in [-0.2, -0.15) is 0 Å². The number of carbonyl (C=O) groups excluding carboxylic acids is 2. The molecule has 0 unspecified atom stereocenters. The average Bonchev–Trinajstić information content (AvgIpc) is 2.71. The van der Waals surface area contributed by atoms with Gasteiger partial charge in [-0.05, 0) is 12.8 Å². The average molecular weight is 415 g/mol. The van der Waals surface area contributed by atoms with Crippen LogP contribution in [0, 0.1) is 0 Å². The van der Waals surface area contributed by atoms with Crippen LogP contribution >= 0.6 is 0 Å². The van der Waals surface area contributed by atoms with E-state index in [0.29, 0.717) is 13.2 Å². The molecule has 0 atom stereocenters. The van der Waals surface area contributed by atoms with E-state index < -0.39 is 11.9 Å². The van der Waals surface area contributed by atoms with Gasteiger partial charge in [0.1, 0.15) is 13.2 Å². The third-order valence-corrected chi connectivity index (χ3v) is 4.96. The first kappa shape index (κ1) is 27.9. The summed E-state index contributed by atoms with van der Waals surface area (Å²) in [7, 11) is 0. The van der Waals surface area contributed by atoms with E-state index in [0.717, 1.165) is 25.7 Å². The highest BCUT2D eigenvalue weighted by Gasteiger charge is 2.07. The molecule has 0 aliphatic heterocycles. The number of carbonyl (C=O) groups is 2. The highest BCUT2D eigenvalue weighted by molar-refractivity contribution is 5.73. The van der Waals surface area contributed by atoms with Crippen LogP contribution in [-0.2, 0) is 23.8 Å². The molecule has 5 heteroatoms. The smallest absolute Gasteiger partial charge is 0.332 e. The summed E-state index contributed by atoms with van der Waals surface area (Å²) >= 11 is 0. The second kappa shape index (κ2) is 23.2. The van der Waals surface area contributed by atoms with Gasteiger partial charge in [-0.15, -0.1) is 0 Å². The predicted octanol–water partition coefficient (Wildman–Crippen LogP) is 6.37. The molecule has 29 heavy (non-hydrogen) atoms. The zero-order valence-corrected chi connectivity index (χ0v) is 19.2. The van der Waals surface area contributed by atoms with Crippen molar-refractivity contribution in [2.24, 2.45) is 0 Å². The van der Waals surface area contributed by atoms with Gasteiger partial charge < -0.3 is 14.2 Å². The first-order valence-electron chi connectivity index (χ1n) is 12.1. The maximum absolute atomic E-state index is 11.6. The Morgan fingerprint density at radius 1 is 0.483 bits per heavy atom. The summed E-state index contributed by atoms with van der Waals surface area (Å²) in [4.78, 5) is 23.1. The lowest BCUT2D eigenvalue weighted by molar-refractivity contribution is -0.155. The highest BCUT2D eigenvalue weighted by atomic mass is 16.6. The molecular weight excluding hydrogens is 368 g/mol. The van der Waals surface area contributed by atoms with Gasteiger partial charge >= 0.3 is 11.9 Å². The Morgan fingerprint density at radius 3 is 1.14 bits per heavy atom. The normalized spacial score (nSPS) is 10.8. The molecule has 0 aromatic carbocycles. The monoisotopic (exact) mass is 414 g/mol. The first-order chi connectivity index (χ1) is 14.2. The van der Waals surface area contributed by atoms with Crippen molar-refractivity contribution in [3.8, 4) is 0 Å². The summed E-state index contributed by atoms with van der Waals surface area (Å²) in [5.41, 5.74) is 0. The lowest BCUT2D eigenvalue weighted by atomic mass is 10.1. The van der Waals surface area contributed by atoms with Gasteiger partial charge in [0.05, 0.1) is 13.2 Å². The van der Waals surface area contributed by atoms with Crippen molar-refractivity contribution in [1.29, 1.82) is 0 Å². The fraction of sp³-hybridized carbons (Fsp3) is 0.917. The quantitative estimate of drug-likeness (QED) is 0.152. The molecule has 0 heterocycles. The predicted molar refractivity (Wildman–Crippen MR) is 118 cm³/mol. The van der Waals surface area contributed by atoms with E-state index in [4.69, 9.17) is 14.2 Å². The molecule has 172 valence electrons. The molecule has 0 aromatic heterocycles. The molecule has 5 nitrogen and oxygen atoms in total. The van der Waals surface area contributed by atoms with Crippen molar-refractivity contribution >= 4 is 11.9 Å². The Balaban J connectivity index is 3.29. The van der Waals surface area contributed by atoms with Crippen molar-refractivity contribution in [1.82, 2.24) is 0 Å². The molecule has 0 spiro atoms. The van der Waals surface area contributed by atoms with Crippen molar-refractivity contribution in [2.75, 3.05) is 26.4 Å². The molecule has 0 N–H and O–H groups in total. The van der Waals surface area contributed by atoms with Gasteiger partial charge in [-0.1, -0.05) is 104 Å². The molecule has 0 amide bonds. The van der Waals surface area contributed by atoms with Crippen LogP contribution < -0.4 is 0 Å². The topological polar surface area (TPSA) is 61.8 Å². The van der Waals surface area contributed by atoms with Gasteiger partial charge in [0.2, 0.25) is 0 Å². The maximum atomic E-state index is 11.6. The van der Waals surface area contributed by atoms with Crippen LogP contribution in [0.25, 0.3) is 0 Å². The minimum Gasteiger partial charge on any atom is -0.464 e. The molecule has 0 saturated carbocycles. The molecule has 0 saturated heterocycles. The number of ether oxygens (including phenoxy) is 3. The fourth-order valence-corrected chi connectivity index (χ4v) is 3.14. The molecule has 0 bridgehead atoms. The van der Waals surface area contributed by atoms with E-state index >= 15 is 0 Å². The molecule has 0 fully saturated rings. The van der Waals surface area contributed by atoms with Crippen molar-refractivity contribution in [3.05, 3.63) is 0 Å². The summed E-state index contributed by atoms with van der Waals surface area (Å²) in [6, 6.07) is 0. The first-order valence-corrected chi connectivity index (χ1v) is 12.1. The van der Waals surface area contributed by atoms with Gasteiger partial charge in [0, 0.05) is 0 Å². The largest absolute Gasteiger partial charge is 0.464 e. The van der Waals surface area contributed by atoms with E-state index in [-0.39, 0.29) is 13.2 Å². The zero-order valence-electron chi connectivity index (χ0n) is 19.2. The lowest BCUT2D eigenvalue weighted by Gasteiger charge is -2.07. The van der Waals surface area contributed by atoms with Crippen LogP contribution in [0.3, 0.4) is 0 Å². The highest BCUT2D eigenvalue weighted by Crippen LogP contribution is 2.10. The Hall–Kier alpha value is -1.10. The number of hydrogen-bond donors (Lipinski definition) is 0. The van der Waals surface area contributed by atoms with Gasteiger partial charge in [0.15, 0.2) is 0 Å². The van der Waals surface area contributed by atoms with Crippen molar-refractivity contribution in [2.45, 2.75) is 117 Å². The number of rotatable bonds is 22. The Bertz CT molecular complexity index is 370. The molecule has 0 rings (SSSR count). The van der Waals surface area contributed by atoms with Crippen molar-refractivity contribution < 1.29 is 23.8 Å². The second-order valence-corrected chi connectivity index (χ2v) is 7.88. The second-order valence-electron chi connectivity index (χ2n) is 7.88. The fourth-order valence-electron chi connectivity index (χ4n) is 3.14. The number of unbranched alkanes of at least 4 members (excludes halogenated alkanes) is 14. The van der Waals surface area contributed by atoms with Crippen LogP contribution in [0.2, 0.25) is 0 Å². The van der Waals surface area contributed by atoms with E-state index in [1.807, 2.05) is 0 Å². The molecule has 0 aromatic rings. The van der Waals surface area contributed by atoms with Crippen LogP contribution in [0.1, 0.15) is 117 Å². The Morgan fingerprint density at radius 2 is 0.793 bits per heavy atom. The lowest BCUT2D eigenvalue weighted by Crippen LogP contribution is -2.19. The molecule has 0 aliphatic carbocycles. The SMILES string of the molecule is CCCCCCCCCCCCOC(=O)COCC(=O)OCCCCCCCC. The summed E-state index contributed by atoms with van der Waals surface area (Å²) in [5.74, 6) is -0.828.